The lowest BCUT2D eigenvalue weighted by atomic mass is 10.1. The zero-order valence-electron chi connectivity index (χ0n) is 14.8. The molecule has 1 aromatic carbocycles. The predicted molar refractivity (Wildman–Crippen MR) is 97.1 cm³/mol. The van der Waals surface area contributed by atoms with Gasteiger partial charge in [0.05, 0.1) is 16.6 Å². The molecule has 2 heterocycles. The van der Waals surface area contributed by atoms with Gasteiger partial charge < -0.3 is 5.32 Å². The molecule has 0 atom stereocenters. The summed E-state index contributed by atoms with van der Waals surface area (Å²) >= 11 is 0. The van der Waals surface area contributed by atoms with Crippen LogP contribution in [0.25, 0.3) is 11.0 Å². The van der Waals surface area contributed by atoms with Gasteiger partial charge in [-0.15, -0.1) is 0 Å². The summed E-state index contributed by atoms with van der Waals surface area (Å²) in [6, 6.07) is 8.68. The molecule has 0 unspecified atom stereocenters. The minimum absolute atomic E-state index is 0.0432. The van der Waals surface area contributed by atoms with E-state index >= 15 is 0 Å². The van der Waals surface area contributed by atoms with Crippen molar-refractivity contribution in [3.8, 4) is 0 Å². The highest BCUT2D eigenvalue weighted by Gasteiger charge is 2.18. The molecule has 0 fully saturated rings. The third-order valence-corrected chi connectivity index (χ3v) is 4.08. The van der Waals surface area contributed by atoms with Crippen LogP contribution in [-0.4, -0.2) is 26.5 Å². The van der Waals surface area contributed by atoms with Crippen LogP contribution in [0.2, 0.25) is 0 Å². The molecule has 6 nitrogen and oxygen atoms in total. The maximum absolute atomic E-state index is 12.9. The van der Waals surface area contributed by atoms with Crippen molar-refractivity contribution in [3.05, 3.63) is 52.8 Å². The number of Topliss-reactive ketones (excluding diaryl/α,β-unsaturated/α-hetero) is 1. The SMILES string of the molecule is CCn1nc(C)c2c(C(=O)Nc3cccc(C(C)=O)c3)cc(C)nc21. The van der Waals surface area contributed by atoms with Crippen LogP contribution < -0.4 is 5.32 Å². The van der Waals surface area contributed by atoms with E-state index in [9.17, 15) is 9.59 Å². The van der Waals surface area contributed by atoms with Crippen molar-refractivity contribution in [3.63, 3.8) is 0 Å². The van der Waals surface area contributed by atoms with Crippen LogP contribution in [0.4, 0.5) is 5.69 Å². The summed E-state index contributed by atoms with van der Waals surface area (Å²) in [5.41, 5.74) is 3.91. The van der Waals surface area contributed by atoms with Gasteiger partial charge in [0.2, 0.25) is 0 Å². The van der Waals surface area contributed by atoms with E-state index in [4.69, 9.17) is 0 Å². The molecule has 0 aliphatic carbocycles. The number of pyridine rings is 1. The number of ketones is 1. The fourth-order valence-corrected chi connectivity index (χ4v) is 2.89. The minimum Gasteiger partial charge on any atom is -0.322 e. The highest BCUT2D eigenvalue weighted by Crippen LogP contribution is 2.23. The van der Waals surface area contributed by atoms with Gasteiger partial charge in [-0.1, -0.05) is 12.1 Å². The zero-order valence-corrected chi connectivity index (χ0v) is 14.8. The number of benzene rings is 1. The van der Waals surface area contributed by atoms with Gasteiger partial charge in [0, 0.05) is 23.5 Å². The normalized spacial score (nSPS) is 10.9. The van der Waals surface area contributed by atoms with Crippen molar-refractivity contribution in [2.45, 2.75) is 34.2 Å². The molecule has 0 aliphatic heterocycles. The number of hydrogen-bond donors (Lipinski definition) is 1. The molecule has 0 bridgehead atoms. The van der Waals surface area contributed by atoms with Crippen molar-refractivity contribution in [1.29, 1.82) is 0 Å². The van der Waals surface area contributed by atoms with Crippen molar-refractivity contribution < 1.29 is 9.59 Å². The number of amides is 1. The third kappa shape index (κ3) is 3.15. The quantitative estimate of drug-likeness (QED) is 0.740. The number of rotatable bonds is 4. The van der Waals surface area contributed by atoms with Crippen molar-refractivity contribution in [2.75, 3.05) is 5.32 Å². The fourth-order valence-electron chi connectivity index (χ4n) is 2.89. The Morgan fingerprint density at radius 1 is 1.20 bits per heavy atom. The van der Waals surface area contributed by atoms with Crippen LogP contribution >= 0.6 is 0 Å². The van der Waals surface area contributed by atoms with E-state index in [1.807, 2.05) is 20.8 Å². The fraction of sp³-hybridized carbons (Fsp3) is 0.263. The molecule has 1 N–H and O–H groups in total. The Labute approximate surface area is 145 Å². The molecular formula is C19H20N4O2. The second kappa shape index (κ2) is 6.47. The summed E-state index contributed by atoms with van der Waals surface area (Å²) in [6.07, 6.45) is 0. The van der Waals surface area contributed by atoms with Crippen LogP contribution in [0.3, 0.4) is 0 Å². The molecule has 0 saturated carbocycles. The lowest BCUT2D eigenvalue weighted by Crippen LogP contribution is -2.14. The molecule has 2 aromatic heterocycles. The van der Waals surface area contributed by atoms with E-state index in [0.717, 1.165) is 16.8 Å². The van der Waals surface area contributed by atoms with Crippen LogP contribution in [0.1, 0.15) is 46.0 Å². The largest absolute Gasteiger partial charge is 0.322 e. The first-order chi connectivity index (χ1) is 11.9. The minimum atomic E-state index is -0.241. The average Bonchev–Trinajstić information content (AvgIpc) is 2.90. The maximum Gasteiger partial charge on any atom is 0.256 e. The molecule has 1 amide bonds. The molecule has 0 spiro atoms. The van der Waals surface area contributed by atoms with Crippen molar-refractivity contribution in [1.82, 2.24) is 14.8 Å². The number of hydrogen-bond acceptors (Lipinski definition) is 4. The van der Waals surface area contributed by atoms with E-state index in [1.165, 1.54) is 6.92 Å². The van der Waals surface area contributed by atoms with Crippen LogP contribution in [0.15, 0.2) is 30.3 Å². The van der Waals surface area contributed by atoms with Crippen LogP contribution in [0, 0.1) is 13.8 Å². The number of aryl methyl sites for hydroxylation is 3. The summed E-state index contributed by atoms with van der Waals surface area (Å²) < 4.78 is 1.80. The van der Waals surface area contributed by atoms with Gasteiger partial charge in [-0.3, -0.25) is 9.59 Å². The first-order valence-corrected chi connectivity index (χ1v) is 8.17. The topological polar surface area (TPSA) is 76.9 Å². The van der Waals surface area contributed by atoms with Gasteiger partial charge in [-0.2, -0.15) is 5.10 Å². The molecule has 0 radical (unpaired) electrons. The number of anilines is 1. The van der Waals surface area contributed by atoms with Crippen LogP contribution in [0.5, 0.6) is 0 Å². The van der Waals surface area contributed by atoms with E-state index in [-0.39, 0.29) is 11.7 Å². The number of nitrogens with one attached hydrogen (secondary N) is 1. The highest BCUT2D eigenvalue weighted by atomic mass is 16.1. The van der Waals surface area contributed by atoms with Gasteiger partial charge in [0.15, 0.2) is 11.4 Å². The molecule has 0 saturated heterocycles. The van der Waals surface area contributed by atoms with Gasteiger partial charge >= 0.3 is 0 Å². The highest BCUT2D eigenvalue weighted by molar-refractivity contribution is 6.13. The zero-order chi connectivity index (χ0) is 18.1. The summed E-state index contributed by atoms with van der Waals surface area (Å²) in [4.78, 5) is 28.9. The summed E-state index contributed by atoms with van der Waals surface area (Å²) in [5, 5.41) is 8.09. The molecule has 3 aromatic rings. The Morgan fingerprint density at radius 2 is 1.96 bits per heavy atom. The number of fused-ring (bicyclic) bond motifs is 1. The summed E-state index contributed by atoms with van der Waals surface area (Å²) in [7, 11) is 0. The van der Waals surface area contributed by atoms with Crippen molar-refractivity contribution >= 4 is 28.4 Å². The lowest BCUT2D eigenvalue weighted by Gasteiger charge is -2.09. The third-order valence-electron chi connectivity index (χ3n) is 4.08. The number of nitrogens with zero attached hydrogens (tertiary/aromatic N) is 3. The second-order valence-corrected chi connectivity index (χ2v) is 6.00. The standard InChI is InChI=1S/C19H20N4O2/c1-5-23-18-17(12(3)22-23)16(9-11(2)20-18)19(25)21-15-8-6-7-14(10-15)13(4)24/h6-10H,5H2,1-4H3,(H,21,25). The monoisotopic (exact) mass is 336 g/mol. The maximum atomic E-state index is 12.9. The number of carbonyl (C=O) groups is 2. The molecule has 128 valence electrons. The predicted octanol–water partition coefficient (Wildman–Crippen LogP) is 3.52. The van der Waals surface area contributed by atoms with Gasteiger partial charge in [-0.25, -0.2) is 9.67 Å². The van der Waals surface area contributed by atoms with E-state index in [0.29, 0.717) is 29.0 Å². The molecule has 3 rings (SSSR count). The van der Waals surface area contributed by atoms with Crippen LogP contribution in [-0.2, 0) is 6.54 Å². The van der Waals surface area contributed by atoms with Gasteiger partial charge in [0.1, 0.15) is 0 Å². The Kier molecular flexibility index (Phi) is 4.35. The Hall–Kier alpha value is -3.02. The lowest BCUT2D eigenvalue weighted by molar-refractivity contribution is 0.101. The van der Waals surface area contributed by atoms with Gasteiger partial charge in [-0.05, 0) is 45.9 Å². The average molecular weight is 336 g/mol. The second-order valence-electron chi connectivity index (χ2n) is 6.00. The number of aromatic nitrogens is 3. The summed E-state index contributed by atoms with van der Waals surface area (Å²) in [5.74, 6) is -0.284. The Morgan fingerprint density at radius 3 is 2.64 bits per heavy atom. The first kappa shape index (κ1) is 16.8. The molecule has 25 heavy (non-hydrogen) atoms. The molecular weight excluding hydrogens is 316 g/mol. The summed E-state index contributed by atoms with van der Waals surface area (Å²) in [6.45, 7) is 7.90. The smallest absolute Gasteiger partial charge is 0.256 e. The van der Waals surface area contributed by atoms with Gasteiger partial charge in [0.25, 0.3) is 5.91 Å². The van der Waals surface area contributed by atoms with E-state index in [1.54, 1.807) is 35.0 Å². The molecule has 6 heteroatoms. The van der Waals surface area contributed by atoms with E-state index in [2.05, 4.69) is 15.4 Å². The van der Waals surface area contributed by atoms with E-state index < -0.39 is 0 Å². The molecule has 0 aliphatic rings. The number of carbonyl (C=O) groups excluding carboxylic acids is 2. The van der Waals surface area contributed by atoms with Crippen molar-refractivity contribution in [2.24, 2.45) is 0 Å². The first-order valence-electron chi connectivity index (χ1n) is 8.17. The Balaban J connectivity index is 2.04. The Bertz CT molecular complexity index is 988.